The van der Waals surface area contributed by atoms with Crippen LogP contribution < -0.4 is 0 Å². The van der Waals surface area contributed by atoms with Gasteiger partial charge in [0.25, 0.3) is 0 Å². The second kappa shape index (κ2) is 8.19. The first-order chi connectivity index (χ1) is 10.8. The molecule has 0 saturated heterocycles. The third kappa shape index (κ3) is 3.85. The Morgan fingerprint density at radius 2 is 1.50 bits per heavy atom. The van der Waals surface area contributed by atoms with Crippen LogP contribution in [0.5, 0.6) is 0 Å². The molecule has 1 aliphatic rings. The Bertz CT molecular complexity index is 844. The molecule has 1 aliphatic carbocycles. The molecular weight excluding hydrogens is 369 g/mol. The maximum atomic E-state index is 5.32. The number of rotatable bonds is 1. The predicted octanol–water partition coefficient (Wildman–Crippen LogP) is 4.92. The Labute approximate surface area is 171 Å². The van der Waals surface area contributed by atoms with Gasteiger partial charge in [0.15, 0.2) is 0 Å². The average molecular weight is 391 g/mol. The zero-order valence-electron chi connectivity index (χ0n) is 15.5. The number of allylic oxidation sites excluding steroid dienone is 4. The molecule has 2 nitrogen and oxygen atoms in total. The molecular formula is C21H22N2Y-2. The number of aliphatic imine (C=N–C) groups is 2. The monoisotopic (exact) mass is 391 g/mol. The summed E-state index contributed by atoms with van der Waals surface area (Å²) in [5, 5.41) is 0. The molecule has 0 N–H and O–H groups in total. The van der Waals surface area contributed by atoms with E-state index in [0.29, 0.717) is 0 Å². The molecule has 0 amide bonds. The van der Waals surface area contributed by atoms with Crippen LogP contribution in [0.1, 0.15) is 43.0 Å². The predicted molar refractivity (Wildman–Crippen MR) is 98.4 cm³/mol. The maximum absolute atomic E-state index is 5.32. The molecule has 0 aromatic heterocycles. The standard InChI is InChI=1S/C21H22N2.Y/c1-9-22-21-13(3)11-20(17(7)18(21)8)23-19-10-12(2)14(4)15(5)16(19)6;/h1H,2-8H3;/q-2;. The fraction of sp³-hybridized carbons (Fsp3) is 0.333. The van der Waals surface area contributed by atoms with Crippen molar-refractivity contribution in [3.8, 4) is 12.5 Å². The van der Waals surface area contributed by atoms with E-state index in [1.165, 1.54) is 11.1 Å². The van der Waals surface area contributed by atoms with Gasteiger partial charge in [-0.3, -0.25) is 4.99 Å². The van der Waals surface area contributed by atoms with Crippen molar-refractivity contribution in [2.24, 2.45) is 9.98 Å². The number of nitrogens with zero attached hydrogens (tertiary/aromatic N) is 2. The number of terminal acetylenes is 1. The molecule has 2 rings (SSSR count). The largest absolute Gasteiger partial charge is 0.302 e. The van der Waals surface area contributed by atoms with E-state index >= 15 is 0 Å². The van der Waals surface area contributed by atoms with Gasteiger partial charge in [-0.15, -0.1) is 22.3 Å². The van der Waals surface area contributed by atoms with Crippen LogP contribution in [-0.2, 0) is 32.7 Å². The Morgan fingerprint density at radius 3 is 2.08 bits per heavy atom. The first-order valence-corrected chi connectivity index (χ1v) is 7.68. The molecule has 0 spiro atoms. The molecule has 121 valence electrons. The summed E-state index contributed by atoms with van der Waals surface area (Å²) in [6, 6.07) is 5.76. The number of hydrogen-bond acceptors (Lipinski definition) is 2. The summed E-state index contributed by atoms with van der Waals surface area (Å²) in [5.74, 6) is 0. The normalized spacial score (nSPS) is 17.7. The number of hydrogen-bond donors (Lipinski definition) is 0. The third-order valence-corrected chi connectivity index (χ3v) is 4.68. The molecule has 0 fully saturated rings. The first-order valence-electron chi connectivity index (χ1n) is 7.68. The summed E-state index contributed by atoms with van der Waals surface area (Å²) in [7, 11) is 0. The van der Waals surface area contributed by atoms with Gasteiger partial charge >= 0.3 is 0 Å². The summed E-state index contributed by atoms with van der Waals surface area (Å²) in [4.78, 5) is 8.94. The van der Waals surface area contributed by atoms with E-state index in [9.17, 15) is 0 Å². The summed E-state index contributed by atoms with van der Waals surface area (Å²) in [6.07, 6.45) is 8.64. The van der Waals surface area contributed by atoms with Gasteiger partial charge in [-0.25, -0.2) is 0 Å². The van der Waals surface area contributed by atoms with Crippen LogP contribution in [0.2, 0.25) is 0 Å². The fourth-order valence-corrected chi connectivity index (χ4v) is 2.64. The summed E-state index contributed by atoms with van der Waals surface area (Å²) in [6.45, 7) is 14.4. The van der Waals surface area contributed by atoms with Crippen LogP contribution in [0, 0.1) is 52.3 Å². The van der Waals surface area contributed by atoms with Crippen molar-refractivity contribution in [2.75, 3.05) is 0 Å². The van der Waals surface area contributed by atoms with Crippen molar-refractivity contribution >= 4 is 17.1 Å². The van der Waals surface area contributed by atoms with E-state index in [1.54, 1.807) is 0 Å². The number of aryl methyl sites for hydroxylation is 1. The zero-order valence-corrected chi connectivity index (χ0v) is 18.4. The zero-order chi connectivity index (χ0) is 17.3. The van der Waals surface area contributed by atoms with Crippen LogP contribution in [0.15, 0.2) is 26.7 Å². The molecule has 0 atom stereocenters. The van der Waals surface area contributed by atoms with Crippen molar-refractivity contribution < 1.29 is 32.7 Å². The molecule has 0 unspecified atom stereocenters. The first kappa shape index (κ1) is 20.7. The Kier molecular flexibility index (Phi) is 7.08. The van der Waals surface area contributed by atoms with Crippen LogP contribution >= 0.6 is 0 Å². The minimum absolute atomic E-state index is 0. The van der Waals surface area contributed by atoms with Gasteiger partial charge in [0.05, 0.1) is 0 Å². The molecule has 3 heteroatoms. The second-order valence-corrected chi connectivity index (χ2v) is 6.02. The van der Waals surface area contributed by atoms with Gasteiger partial charge in [0, 0.05) is 38.8 Å². The molecule has 1 aromatic carbocycles. The van der Waals surface area contributed by atoms with Gasteiger partial charge in [0.1, 0.15) is 0 Å². The molecule has 1 radical (unpaired) electrons. The average Bonchev–Trinajstić information content (AvgIpc) is 2.52. The van der Waals surface area contributed by atoms with E-state index in [0.717, 1.165) is 45.0 Å². The van der Waals surface area contributed by atoms with Gasteiger partial charge in [-0.05, 0) is 17.1 Å². The smallest absolute Gasteiger partial charge is 0.0171 e. The molecule has 24 heavy (non-hydrogen) atoms. The maximum Gasteiger partial charge on any atom is 0.0171 e. The fourth-order valence-electron chi connectivity index (χ4n) is 2.64. The van der Waals surface area contributed by atoms with Crippen LogP contribution in [-0.4, -0.2) is 11.4 Å². The molecule has 1 aromatic rings. The minimum Gasteiger partial charge on any atom is -0.302 e. The molecule has 0 saturated carbocycles. The van der Waals surface area contributed by atoms with Crippen LogP contribution in [0.3, 0.4) is 0 Å². The van der Waals surface area contributed by atoms with Crippen molar-refractivity contribution in [3.05, 3.63) is 51.1 Å². The van der Waals surface area contributed by atoms with E-state index in [4.69, 9.17) is 11.4 Å². The van der Waals surface area contributed by atoms with Gasteiger partial charge in [-0.1, -0.05) is 54.9 Å². The van der Waals surface area contributed by atoms with E-state index in [-0.39, 0.29) is 32.7 Å². The second-order valence-electron chi connectivity index (χ2n) is 6.02. The number of benzene rings is 1. The summed E-state index contributed by atoms with van der Waals surface area (Å²) < 4.78 is 0. The van der Waals surface area contributed by atoms with Gasteiger partial charge < -0.3 is 4.99 Å². The Morgan fingerprint density at radius 1 is 0.875 bits per heavy atom. The Balaban J connectivity index is 0.00000288. The SMILES string of the molecule is C#CN=C1C(C)=[C-]C(=Nc2[c-]c(C)c(C)c(C)c2C)C(C)=C1C.[Y]. The summed E-state index contributed by atoms with van der Waals surface area (Å²) in [5.41, 5.74) is 10.4. The van der Waals surface area contributed by atoms with E-state index in [1.807, 2.05) is 20.8 Å². The van der Waals surface area contributed by atoms with Crippen molar-refractivity contribution in [3.63, 3.8) is 0 Å². The quantitative estimate of drug-likeness (QED) is 0.369. The van der Waals surface area contributed by atoms with Gasteiger partial charge in [0.2, 0.25) is 0 Å². The van der Waals surface area contributed by atoms with Crippen molar-refractivity contribution in [1.29, 1.82) is 0 Å². The molecule has 0 heterocycles. The minimum atomic E-state index is 0. The van der Waals surface area contributed by atoms with E-state index < -0.39 is 0 Å². The topological polar surface area (TPSA) is 24.7 Å². The van der Waals surface area contributed by atoms with E-state index in [2.05, 4.69) is 50.9 Å². The molecule has 0 bridgehead atoms. The molecule has 0 aliphatic heterocycles. The van der Waals surface area contributed by atoms with Crippen LogP contribution in [0.25, 0.3) is 0 Å². The third-order valence-electron chi connectivity index (χ3n) is 4.68. The van der Waals surface area contributed by atoms with Crippen LogP contribution in [0.4, 0.5) is 5.69 Å². The summed E-state index contributed by atoms with van der Waals surface area (Å²) >= 11 is 0. The van der Waals surface area contributed by atoms with Gasteiger partial charge in [-0.2, -0.15) is 28.8 Å². The van der Waals surface area contributed by atoms with Crippen molar-refractivity contribution in [2.45, 2.75) is 48.5 Å². The van der Waals surface area contributed by atoms with Crippen molar-refractivity contribution in [1.82, 2.24) is 0 Å². The Hall–Kier alpha value is -1.30.